The third-order valence-electron chi connectivity index (χ3n) is 1.92. The highest BCUT2D eigenvalue weighted by molar-refractivity contribution is 8.13. The van der Waals surface area contributed by atoms with Crippen molar-refractivity contribution in [2.75, 3.05) is 24.7 Å². The molecule has 1 rings (SSSR count). The molecule has 0 aliphatic carbocycles. The van der Waals surface area contributed by atoms with Gasteiger partial charge in [-0.1, -0.05) is 23.9 Å². The Kier molecular flexibility index (Phi) is 5.05. The van der Waals surface area contributed by atoms with Gasteiger partial charge >= 0.3 is 0 Å². The lowest BCUT2D eigenvalue weighted by molar-refractivity contribution is -0.109. The summed E-state index contributed by atoms with van der Waals surface area (Å²) in [4.78, 5) is 16.9. The second kappa shape index (κ2) is 6.33. The summed E-state index contributed by atoms with van der Waals surface area (Å²) < 4.78 is 0. The number of nitrogens with zero attached hydrogens (tertiary/aromatic N) is 2. The first-order valence-corrected chi connectivity index (χ1v) is 6.01. The molecule has 1 aromatic heterocycles. The van der Waals surface area contributed by atoms with Crippen LogP contribution < -0.4 is 4.90 Å². The monoisotopic (exact) mass is 236 g/mol. The Balaban J connectivity index is 2.51. The summed E-state index contributed by atoms with van der Waals surface area (Å²) in [6.45, 7) is 1.58. The Morgan fingerprint density at radius 1 is 1.50 bits per heavy atom. The van der Waals surface area contributed by atoms with Gasteiger partial charge in [0.1, 0.15) is 5.82 Å². The molecule has 0 aliphatic rings. The van der Waals surface area contributed by atoms with E-state index in [1.54, 1.807) is 6.92 Å². The van der Waals surface area contributed by atoms with Crippen molar-refractivity contribution in [1.29, 1.82) is 0 Å². The van der Waals surface area contributed by atoms with Crippen molar-refractivity contribution < 1.29 is 4.79 Å². The molecule has 1 aromatic rings. The van der Waals surface area contributed by atoms with Crippen LogP contribution in [-0.4, -0.2) is 29.9 Å². The van der Waals surface area contributed by atoms with Gasteiger partial charge in [-0.15, -0.1) is 0 Å². The largest absolute Gasteiger partial charge is 0.363 e. The molecular formula is C12H16N2OS. The number of anilines is 1. The number of hydrogen-bond donors (Lipinski definition) is 0. The molecule has 0 amide bonds. The second-order valence-corrected chi connectivity index (χ2v) is 4.75. The van der Waals surface area contributed by atoms with Crippen molar-refractivity contribution in [2.45, 2.75) is 6.92 Å². The van der Waals surface area contributed by atoms with Crippen LogP contribution in [0.4, 0.5) is 5.82 Å². The molecule has 0 aromatic carbocycles. The van der Waals surface area contributed by atoms with Crippen LogP contribution in [-0.2, 0) is 4.79 Å². The third-order valence-corrected chi connectivity index (χ3v) is 2.69. The van der Waals surface area contributed by atoms with E-state index >= 15 is 0 Å². The van der Waals surface area contributed by atoms with Gasteiger partial charge < -0.3 is 4.90 Å². The number of rotatable bonds is 4. The van der Waals surface area contributed by atoms with E-state index in [9.17, 15) is 4.79 Å². The minimum Gasteiger partial charge on any atom is -0.363 e. The molecule has 86 valence electrons. The van der Waals surface area contributed by atoms with Crippen molar-refractivity contribution in [3.63, 3.8) is 0 Å². The number of carbonyl (C=O) groups is 1. The van der Waals surface area contributed by atoms with Crippen molar-refractivity contribution in [2.24, 2.45) is 0 Å². The van der Waals surface area contributed by atoms with E-state index < -0.39 is 0 Å². The van der Waals surface area contributed by atoms with E-state index in [-0.39, 0.29) is 5.12 Å². The zero-order chi connectivity index (χ0) is 12.0. The molecule has 0 spiro atoms. The van der Waals surface area contributed by atoms with Gasteiger partial charge in [-0.2, -0.15) is 0 Å². The van der Waals surface area contributed by atoms with Gasteiger partial charge in [0.25, 0.3) is 0 Å². The predicted octanol–water partition coefficient (Wildman–Crippen LogP) is 2.44. The van der Waals surface area contributed by atoms with Crippen molar-refractivity contribution in [3.8, 4) is 0 Å². The predicted molar refractivity (Wildman–Crippen MR) is 70.7 cm³/mol. The number of aromatic nitrogens is 1. The van der Waals surface area contributed by atoms with E-state index in [0.29, 0.717) is 5.75 Å². The molecule has 0 unspecified atom stereocenters. The van der Waals surface area contributed by atoms with Crippen LogP contribution in [0, 0.1) is 0 Å². The van der Waals surface area contributed by atoms with Gasteiger partial charge in [0.05, 0.1) is 0 Å². The molecule has 0 radical (unpaired) electrons. The van der Waals surface area contributed by atoms with Gasteiger partial charge in [-0.3, -0.25) is 4.79 Å². The Bertz CT molecular complexity index is 371. The number of pyridine rings is 1. The van der Waals surface area contributed by atoms with Crippen LogP contribution in [0.25, 0.3) is 6.08 Å². The number of carbonyl (C=O) groups excluding carboxylic acids is 1. The van der Waals surface area contributed by atoms with E-state index in [0.717, 1.165) is 11.4 Å². The molecule has 0 aliphatic heterocycles. The fraction of sp³-hybridized carbons (Fsp3) is 0.333. The Morgan fingerprint density at radius 2 is 2.25 bits per heavy atom. The van der Waals surface area contributed by atoms with Gasteiger partial charge in [-0.25, -0.2) is 4.98 Å². The maximum atomic E-state index is 10.7. The first kappa shape index (κ1) is 12.8. The molecule has 0 atom stereocenters. The zero-order valence-electron chi connectivity index (χ0n) is 9.80. The van der Waals surface area contributed by atoms with Crippen LogP contribution in [0.15, 0.2) is 24.4 Å². The number of thioether (sulfide) groups is 1. The Morgan fingerprint density at radius 3 is 2.75 bits per heavy atom. The summed E-state index contributed by atoms with van der Waals surface area (Å²) >= 11 is 1.30. The van der Waals surface area contributed by atoms with Crippen molar-refractivity contribution in [3.05, 3.63) is 30.0 Å². The highest BCUT2D eigenvalue weighted by Gasteiger charge is 1.95. The van der Waals surface area contributed by atoms with Gasteiger partial charge in [0.2, 0.25) is 0 Å². The fourth-order valence-corrected chi connectivity index (χ4v) is 1.54. The molecule has 3 nitrogen and oxygen atoms in total. The van der Waals surface area contributed by atoms with Crippen LogP contribution >= 0.6 is 11.8 Å². The molecule has 16 heavy (non-hydrogen) atoms. The first-order chi connectivity index (χ1) is 7.59. The molecular weight excluding hydrogens is 220 g/mol. The maximum Gasteiger partial charge on any atom is 0.186 e. The Hall–Kier alpha value is -1.29. The van der Waals surface area contributed by atoms with Crippen LogP contribution in [0.5, 0.6) is 0 Å². The van der Waals surface area contributed by atoms with Crippen molar-refractivity contribution >= 4 is 28.8 Å². The lowest BCUT2D eigenvalue weighted by Crippen LogP contribution is -2.09. The highest BCUT2D eigenvalue weighted by Crippen LogP contribution is 2.09. The van der Waals surface area contributed by atoms with E-state index in [2.05, 4.69) is 4.98 Å². The van der Waals surface area contributed by atoms with Gasteiger partial charge in [0, 0.05) is 33.0 Å². The van der Waals surface area contributed by atoms with Gasteiger partial charge in [-0.05, 0) is 17.7 Å². The summed E-state index contributed by atoms with van der Waals surface area (Å²) in [5.74, 6) is 1.65. The minimum absolute atomic E-state index is 0.144. The summed E-state index contributed by atoms with van der Waals surface area (Å²) in [6, 6.07) is 3.98. The standard InChI is InChI=1S/C12H16N2OS/c1-10(15)16-8-4-5-11-6-7-12(13-9-11)14(2)3/h4-7,9H,8H2,1-3H3. The van der Waals surface area contributed by atoms with Crippen LogP contribution in [0.3, 0.4) is 0 Å². The number of hydrogen-bond acceptors (Lipinski definition) is 4. The second-order valence-electron chi connectivity index (χ2n) is 3.55. The molecule has 0 bridgehead atoms. The van der Waals surface area contributed by atoms with Crippen molar-refractivity contribution in [1.82, 2.24) is 4.98 Å². The van der Waals surface area contributed by atoms with E-state index in [1.165, 1.54) is 11.8 Å². The van der Waals surface area contributed by atoms with Crippen LogP contribution in [0.2, 0.25) is 0 Å². The third kappa shape index (κ3) is 4.49. The topological polar surface area (TPSA) is 33.2 Å². The summed E-state index contributed by atoms with van der Waals surface area (Å²) in [7, 11) is 3.92. The van der Waals surface area contributed by atoms with Crippen LogP contribution in [0.1, 0.15) is 12.5 Å². The van der Waals surface area contributed by atoms with E-state index in [4.69, 9.17) is 0 Å². The molecule has 0 N–H and O–H groups in total. The molecule has 4 heteroatoms. The molecule has 0 saturated carbocycles. The lowest BCUT2D eigenvalue weighted by atomic mass is 10.2. The minimum atomic E-state index is 0.144. The molecule has 1 heterocycles. The van der Waals surface area contributed by atoms with E-state index in [1.807, 2.05) is 49.5 Å². The summed E-state index contributed by atoms with van der Waals surface area (Å²) in [6.07, 6.45) is 5.77. The maximum absolute atomic E-state index is 10.7. The zero-order valence-corrected chi connectivity index (χ0v) is 10.6. The highest BCUT2D eigenvalue weighted by atomic mass is 32.2. The average Bonchev–Trinajstić information content (AvgIpc) is 2.25. The smallest absolute Gasteiger partial charge is 0.186 e. The fourth-order valence-electron chi connectivity index (χ4n) is 1.11. The molecule has 0 saturated heterocycles. The first-order valence-electron chi connectivity index (χ1n) is 5.03. The summed E-state index contributed by atoms with van der Waals surface area (Å²) in [5.41, 5.74) is 1.05. The average molecular weight is 236 g/mol. The molecule has 0 fully saturated rings. The summed E-state index contributed by atoms with van der Waals surface area (Å²) in [5, 5.41) is 0.144. The Labute approximate surface area is 101 Å². The van der Waals surface area contributed by atoms with Gasteiger partial charge in [0.15, 0.2) is 5.12 Å². The quantitative estimate of drug-likeness (QED) is 0.804. The normalized spacial score (nSPS) is 10.7. The SMILES string of the molecule is CC(=O)SCC=Cc1ccc(N(C)C)nc1. The lowest BCUT2D eigenvalue weighted by Gasteiger charge is -2.10.